The molecular weight excluding hydrogens is 224 g/mol. The lowest BCUT2D eigenvalue weighted by atomic mass is 9.99. The molecule has 1 aromatic rings. The molecule has 0 radical (unpaired) electrons. The summed E-state index contributed by atoms with van der Waals surface area (Å²) in [5.74, 6) is 0.0741. The molecule has 0 saturated carbocycles. The third-order valence-corrected chi connectivity index (χ3v) is 4.09. The van der Waals surface area contributed by atoms with Gasteiger partial charge in [-0.1, -0.05) is 17.7 Å². The normalized spacial score (nSPS) is 30.2. The average Bonchev–Trinajstić information content (AvgIpc) is 2.69. The Morgan fingerprint density at radius 2 is 2.00 bits per heavy atom. The van der Waals surface area contributed by atoms with Crippen molar-refractivity contribution in [3.8, 4) is 0 Å². The molecule has 0 aliphatic carbocycles. The summed E-state index contributed by atoms with van der Waals surface area (Å²) in [7, 11) is 0. The zero-order valence-corrected chi connectivity index (χ0v) is 10.8. The smallest absolute Gasteiger partial charge is 0.251 e. The molecule has 0 spiro atoms. The van der Waals surface area contributed by atoms with Crippen LogP contribution in [0.4, 0.5) is 0 Å². The summed E-state index contributed by atoms with van der Waals surface area (Å²) >= 11 is 0. The van der Waals surface area contributed by atoms with Gasteiger partial charge in [0.2, 0.25) is 0 Å². The van der Waals surface area contributed by atoms with E-state index in [1.165, 1.54) is 12.8 Å². The molecule has 3 heteroatoms. The Labute approximate surface area is 108 Å². The highest BCUT2D eigenvalue weighted by Gasteiger charge is 2.33. The van der Waals surface area contributed by atoms with Crippen molar-refractivity contribution in [3.05, 3.63) is 35.4 Å². The second-order valence-corrected chi connectivity index (χ2v) is 5.65. The summed E-state index contributed by atoms with van der Waals surface area (Å²) in [5.41, 5.74) is 1.91. The Balaban J connectivity index is 1.64. The van der Waals surface area contributed by atoms with Crippen LogP contribution in [0.3, 0.4) is 0 Å². The number of carbonyl (C=O) groups excluding carboxylic acids is 1. The zero-order chi connectivity index (χ0) is 12.5. The summed E-state index contributed by atoms with van der Waals surface area (Å²) < 4.78 is 0. The SMILES string of the molecule is Cc1cccc(C(=O)NC2CC3CCC(C2)N3)c1. The Morgan fingerprint density at radius 1 is 1.28 bits per heavy atom. The van der Waals surface area contributed by atoms with Crippen LogP contribution >= 0.6 is 0 Å². The van der Waals surface area contributed by atoms with Crippen LogP contribution in [0.1, 0.15) is 41.6 Å². The van der Waals surface area contributed by atoms with Crippen molar-refractivity contribution >= 4 is 5.91 Å². The van der Waals surface area contributed by atoms with Crippen LogP contribution in [0.5, 0.6) is 0 Å². The largest absolute Gasteiger partial charge is 0.349 e. The molecule has 2 aliphatic heterocycles. The van der Waals surface area contributed by atoms with Gasteiger partial charge in [0, 0.05) is 23.7 Å². The molecule has 2 fully saturated rings. The van der Waals surface area contributed by atoms with Gasteiger partial charge >= 0.3 is 0 Å². The molecule has 18 heavy (non-hydrogen) atoms. The molecule has 3 rings (SSSR count). The molecule has 2 atom stereocenters. The maximum atomic E-state index is 12.2. The number of benzene rings is 1. The molecular formula is C15H20N2O. The first-order chi connectivity index (χ1) is 8.70. The maximum absolute atomic E-state index is 12.2. The van der Waals surface area contributed by atoms with Crippen LogP contribution in [0.15, 0.2) is 24.3 Å². The third kappa shape index (κ3) is 2.41. The van der Waals surface area contributed by atoms with Gasteiger partial charge in [-0.15, -0.1) is 0 Å². The second kappa shape index (κ2) is 4.73. The molecule has 96 valence electrons. The molecule has 0 aromatic heterocycles. The fourth-order valence-electron chi connectivity index (χ4n) is 3.23. The molecule has 2 heterocycles. The molecule has 1 amide bonds. The van der Waals surface area contributed by atoms with E-state index in [0.29, 0.717) is 18.1 Å². The Bertz CT molecular complexity index is 446. The first kappa shape index (κ1) is 11.7. The highest BCUT2D eigenvalue weighted by Crippen LogP contribution is 2.26. The number of hydrogen-bond acceptors (Lipinski definition) is 2. The monoisotopic (exact) mass is 244 g/mol. The second-order valence-electron chi connectivity index (χ2n) is 5.65. The van der Waals surface area contributed by atoms with Crippen molar-refractivity contribution in [2.45, 2.75) is 50.7 Å². The van der Waals surface area contributed by atoms with Gasteiger partial charge in [-0.25, -0.2) is 0 Å². The minimum Gasteiger partial charge on any atom is -0.349 e. The van der Waals surface area contributed by atoms with Crippen molar-refractivity contribution in [2.24, 2.45) is 0 Å². The minimum absolute atomic E-state index is 0.0741. The first-order valence-corrected chi connectivity index (χ1v) is 6.84. The van der Waals surface area contributed by atoms with Crippen LogP contribution in [-0.2, 0) is 0 Å². The number of amides is 1. The van der Waals surface area contributed by atoms with E-state index in [-0.39, 0.29) is 5.91 Å². The van der Waals surface area contributed by atoms with E-state index in [1.54, 1.807) is 0 Å². The lowest BCUT2D eigenvalue weighted by Gasteiger charge is -2.29. The quantitative estimate of drug-likeness (QED) is 0.835. The Kier molecular flexibility index (Phi) is 3.08. The lowest BCUT2D eigenvalue weighted by Crippen LogP contribution is -2.48. The van der Waals surface area contributed by atoms with Gasteiger partial charge in [-0.05, 0) is 44.7 Å². The number of carbonyl (C=O) groups is 1. The number of fused-ring (bicyclic) bond motifs is 2. The Hall–Kier alpha value is -1.35. The van der Waals surface area contributed by atoms with Gasteiger partial charge in [0.15, 0.2) is 0 Å². The van der Waals surface area contributed by atoms with Gasteiger partial charge in [-0.3, -0.25) is 4.79 Å². The van der Waals surface area contributed by atoms with E-state index >= 15 is 0 Å². The lowest BCUT2D eigenvalue weighted by molar-refractivity contribution is 0.0924. The van der Waals surface area contributed by atoms with E-state index in [2.05, 4.69) is 10.6 Å². The number of rotatable bonds is 2. The predicted octanol–water partition coefficient (Wildman–Crippen LogP) is 2.01. The van der Waals surface area contributed by atoms with Crippen LogP contribution in [0.2, 0.25) is 0 Å². The summed E-state index contributed by atoms with van der Waals surface area (Å²) in [6.07, 6.45) is 4.69. The van der Waals surface area contributed by atoms with Crippen LogP contribution < -0.4 is 10.6 Å². The maximum Gasteiger partial charge on any atom is 0.251 e. The van der Waals surface area contributed by atoms with Gasteiger partial charge in [0.25, 0.3) is 5.91 Å². The average molecular weight is 244 g/mol. The summed E-state index contributed by atoms with van der Waals surface area (Å²) in [6.45, 7) is 2.02. The van der Waals surface area contributed by atoms with E-state index in [9.17, 15) is 4.79 Å². The van der Waals surface area contributed by atoms with Gasteiger partial charge < -0.3 is 10.6 Å². The number of aryl methyl sites for hydroxylation is 1. The van der Waals surface area contributed by atoms with E-state index < -0.39 is 0 Å². The van der Waals surface area contributed by atoms with Gasteiger partial charge in [-0.2, -0.15) is 0 Å². The van der Waals surface area contributed by atoms with Crippen molar-refractivity contribution in [3.63, 3.8) is 0 Å². The summed E-state index contributed by atoms with van der Waals surface area (Å²) in [6, 6.07) is 9.37. The molecule has 2 bridgehead atoms. The predicted molar refractivity (Wildman–Crippen MR) is 71.6 cm³/mol. The van der Waals surface area contributed by atoms with E-state index in [0.717, 1.165) is 24.0 Å². The van der Waals surface area contributed by atoms with Crippen molar-refractivity contribution in [1.29, 1.82) is 0 Å². The van der Waals surface area contributed by atoms with Crippen LogP contribution in [-0.4, -0.2) is 24.0 Å². The van der Waals surface area contributed by atoms with Crippen molar-refractivity contribution in [1.82, 2.24) is 10.6 Å². The highest BCUT2D eigenvalue weighted by atomic mass is 16.1. The van der Waals surface area contributed by atoms with Gasteiger partial charge in [0.1, 0.15) is 0 Å². The zero-order valence-electron chi connectivity index (χ0n) is 10.8. The third-order valence-electron chi connectivity index (χ3n) is 4.09. The number of hydrogen-bond donors (Lipinski definition) is 2. The van der Waals surface area contributed by atoms with E-state index in [1.807, 2.05) is 31.2 Å². The molecule has 2 unspecified atom stereocenters. The Morgan fingerprint density at radius 3 is 2.67 bits per heavy atom. The minimum atomic E-state index is 0.0741. The topological polar surface area (TPSA) is 41.1 Å². The number of nitrogens with one attached hydrogen (secondary N) is 2. The molecule has 2 N–H and O–H groups in total. The van der Waals surface area contributed by atoms with Crippen LogP contribution in [0.25, 0.3) is 0 Å². The molecule has 2 aliphatic rings. The van der Waals surface area contributed by atoms with Crippen molar-refractivity contribution in [2.75, 3.05) is 0 Å². The van der Waals surface area contributed by atoms with Crippen LogP contribution in [0, 0.1) is 6.92 Å². The van der Waals surface area contributed by atoms with E-state index in [4.69, 9.17) is 0 Å². The first-order valence-electron chi connectivity index (χ1n) is 6.84. The fourth-order valence-corrected chi connectivity index (χ4v) is 3.23. The summed E-state index contributed by atoms with van der Waals surface area (Å²) in [5, 5.41) is 6.78. The highest BCUT2D eigenvalue weighted by molar-refractivity contribution is 5.94. The number of piperidine rings is 1. The summed E-state index contributed by atoms with van der Waals surface area (Å²) in [4.78, 5) is 12.2. The molecule has 1 aromatic carbocycles. The fraction of sp³-hybridized carbons (Fsp3) is 0.533. The van der Waals surface area contributed by atoms with Crippen molar-refractivity contribution < 1.29 is 4.79 Å². The standard InChI is InChI=1S/C15H20N2O/c1-10-3-2-4-11(7-10)15(18)17-14-8-12-5-6-13(9-14)16-12/h2-4,7,12-14,16H,5-6,8-9H2,1H3,(H,17,18). The molecule has 3 nitrogen and oxygen atoms in total. The molecule has 2 saturated heterocycles. The van der Waals surface area contributed by atoms with Gasteiger partial charge in [0.05, 0.1) is 0 Å².